The third-order valence-corrected chi connectivity index (χ3v) is 4.51. The molecule has 1 heterocycles. The molecule has 0 bridgehead atoms. The molecule has 7 nitrogen and oxygen atoms in total. The van der Waals surface area contributed by atoms with Crippen LogP contribution in [0.15, 0.2) is 53.7 Å². The van der Waals surface area contributed by atoms with E-state index >= 15 is 0 Å². The fourth-order valence-corrected chi connectivity index (χ4v) is 3.31. The van der Waals surface area contributed by atoms with Gasteiger partial charge in [0, 0.05) is 12.6 Å². The van der Waals surface area contributed by atoms with E-state index in [1.54, 1.807) is 24.3 Å². The normalized spacial score (nSPS) is 10.7. The highest BCUT2D eigenvalue weighted by Gasteiger charge is 2.15. The molecule has 3 rings (SSSR count). The number of thioether (sulfide) groups is 1. The molecule has 0 atom stereocenters. The van der Waals surface area contributed by atoms with E-state index in [2.05, 4.69) is 10.3 Å². The lowest BCUT2D eigenvalue weighted by molar-refractivity contribution is -0.113. The number of carbonyl (C=O) groups is 3. The Labute approximate surface area is 153 Å². The molecular formula is C18H15N3O4S. The van der Waals surface area contributed by atoms with Crippen LogP contribution in [0.5, 0.6) is 0 Å². The van der Waals surface area contributed by atoms with Crippen LogP contribution in [0.2, 0.25) is 0 Å². The zero-order valence-electron chi connectivity index (χ0n) is 13.8. The molecule has 2 aromatic carbocycles. The number of fused-ring (bicyclic) bond motifs is 1. The molecule has 0 radical (unpaired) electrons. The SMILES string of the molecule is CC(=O)n1c(SCC(=O)Nc2cccc(C(=O)O)c2)nc2ccccc21. The maximum absolute atomic E-state index is 12.2. The summed E-state index contributed by atoms with van der Waals surface area (Å²) >= 11 is 1.14. The Kier molecular flexibility index (Phi) is 5.04. The number of aromatic carboxylic acids is 1. The largest absolute Gasteiger partial charge is 0.478 e. The molecule has 1 aromatic heterocycles. The number of amides is 1. The maximum Gasteiger partial charge on any atom is 0.335 e. The van der Waals surface area contributed by atoms with Gasteiger partial charge in [-0.3, -0.25) is 14.2 Å². The standard InChI is InChI=1S/C18H15N3O4S/c1-11(22)21-15-8-3-2-7-14(15)20-18(21)26-10-16(23)19-13-6-4-5-12(9-13)17(24)25/h2-9H,10H2,1H3,(H,19,23)(H,24,25). The van der Waals surface area contributed by atoms with Crippen molar-refractivity contribution < 1.29 is 19.5 Å². The predicted octanol–water partition coefficient (Wildman–Crippen LogP) is 3.13. The number of carboxylic acids is 1. The van der Waals surface area contributed by atoms with Gasteiger partial charge in [0.25, 0.3) is 0 Å². The van der Waals surface area contributed by atoms with E-state index in [4.69, 9.17) is 5.11 Å². The van der Waals surface area contributed by atoms with Gasteiger partial charge in [0.1, 0.15) is 0 Å². The van der Waals surface area contributed by atoms with Gasteiger partial charge in [-0.15, -0.1) is 0 Å². The van der Waals surface area contributed by atoms with Crippen molar-refractivity contribution in [1.82, 2.24) is 9.55 Å². The lowest BCUT2D eigenvalue weighted by Crippen LogP contribution is -2.15. The van der Waals surface area contributed by atoms with E-state index in [1.807, 2.05) is 12.1 Å². The minimum atomic E-state index is -1.06. The number of para-hydroxylation sites is 2. The second kappa shape index (κ2) is 7.40. The van der Waals surface area contributed by atoms with E-state index in [1.165, 1.54) is 23.6 Å². The van der Waals surface area contributed by atoms with Gasteiger partial charge < -0.3 is 10.4 Å². The van der Waals surface area contributed by atoms with Crippen molar-refractivity contribution in [1.29, 1.82) is 0 Å². The molecule has 26 heavy (non-hydrogen) atoms. The molecule has 3 aromatic rings. The average molecular weight is 369 g/mol. The first-order valence-electron chi connectivity index (χ1n) is 7.70. The van der Waals surface area contributed by atoms with Crippen molar-refractivity contribution in [3.63, 3.8) is 0 Å². The van der Waals surface area contributed by atoms with Crippen LogP contribution < -0.4 is 5.32 Å². The topological polar surface area (TPSA) is 101 Å². The lowest BCUT2D eigenvalue weighted by Gasteiger charge is -2.07. The molecule has 8 heteroatoms. The third-order valence-electron chi connectivity index (χ3n) is 3.57. The quantitative estimate of drug-likeness (QED) is 0.670. The number of benzene rings is 2. The molecule has 0 saturated carbocycles. The highest BCUT2D eigenvalue weighted by atomic mass is 32.2. The van der Waals surface area contributed by atoms with Crippen LogP contribution in [0.3, 0.4) is 0 Å². The summed E-state index contributed by atoms with van der Waals surface area (Å²) in [6.45, 7) is 1.44. The van der Waals surface area contributed by atoms with Crippen LogP contribution in [0, 0.1) is 0 Å². The Bertz CT molecular complexity index is 1010. The van der Waals surface area contributed by atoms with Crippen molar-refractivity contribution in [3.8, 4) is 0 Å². The van der Waals surface area contributed by atoms with Crippen LogP contribution in [-0.2, 0) is 4.79 Å². The monoisotopic (exact) mass is 369 g/mol. The number of hydrogen-bond acceptors (Lipinski definition) is 5. The number of imidazole rings is 1. The molecule has 0 aliphatic carbocycles. The number of nitrogens with one attached hydrogen (secondary N) is 1. The van der Waals surface area contributed by atoms with E-state index in [9.17, 15) is 14.4 Å². The number of aromatic nitrogens is 2. The molecule has 2 N–H and O–H groups in total. The van der Waals surface area contributed by atoms with Crippen molar-refractivity contribution in [2.75, 3.05) is 11.1 Å². The molecule has 0 fully saturated rings. The summed E-state index contributed by atoms with van der Waals surface area (Å²) in [7, 11) is 0. The first-order chi connectivity index (χ1) is 12.5. The molecule has 0 aliphatic rings. The van der Waals surface area contributed by atoms with Crippen LogP contribution in [0.25, 0.3) is 11.0 Å². The van der Waals surface area contributed by atoms with Crippen LogP contribution in [0.1, 0.15) is 22.1 Å². The molecule has 132 valence electrons. The Morgan fingerprint density at radius 2 is 1.92 bits per heavy atom. The number of hydrogen-bond donors (Lipinski definition) is 2. The summed E-state index contributed by atoms with van der Waals surface area (Å²) in [5, 5.41) is 12.1. The lowest BCUT2D eigenvalue weighted by atomic mass is 10.2. The van der Waals surface area contributed by atoms with Gasteiger partial charge in [0.2, 0.25) is 11.8 Å². The smallest absolute Gasteiger partial charge is 0.335 e. The summed E-state index contributed by atoms with van der Waals surface area (Å²) < 4.78 is 1.47. The zero-order valence-corrected chi connectivity index (χ0v) is 14.6. The van der Waals surface area contributed by atoms with Crippen molar-refractivity contribution >= 4 is 46.3 Å². The summed E-state index contributed by atoms with van der Waals surface area (Å²) in [6, 6.07) is 13.2. The first-order valence-corrected chi connectivity index (χ1v) is 8.68. The molecule has 0 aliphatic heterocycles. The minimum Gasteiger partial charge on any atom is -0.478 e. The molecule has 0 unspecified atom stereocenters. The fourth-order valence-electron chi connectivity index (χ4n) is 2.46. The second-order valence-corrected chi connectivity index (χ2v) is 6.40. The van der Waals surface area contributed by atoms with E-state index in [0.29, 0.717) is 21.9 Å². The van der Waals surface area contributed by atoms with Crippen LogP contribution in [0.4, 0.5) is 5.69 Å². The van der Waals surface area contributed by atoms with Crippen molar-refractivity contribution in [2.24, 2.45) is 0 Å². The Morgan fingerprint density at radius 3 is 2.65 bits per heavy atom. The maximum atomic E-state index is 12.2. The Hall–Kier alpha value is -3.13. The summed E-state index contributed by atoms with van der Waals surface area (Å²) in [6.07, 6.45) is 0. The summed E-state index contributed by atoms with van der Waals surface area (Å²) in [5.41, 5.74) is 1.86. The van der Waals surface area contributed by atoms with Gasteiger partial charge in [-0.25, -0.2) is 9.78 Å². The second-order valence-electron chi connectivity index (χ2n) is 5.46. The zero-order chi connectivity index (χ0) is 18.7. The van der Waals surface area contributed by atoms with E-state index in [-0.39, 0.29) is 23.1 Å². The number of rotatable bonds is 5. The molecular weight excluding hydrogens is 354 g/mol. The minimum absolute atomic E-state index is 0.0356. The van der Waals surface area contributed by atoms with Crippen LogP contribution >= 0.6 is 11.8 Å². The highest BCUT2D eigenvalue weighted by Crippen LogP contribution is 2.24. The Morgan fingerprint density at radius 1 is 1.15 bits per heavy atom. The van der Waals surface area contributed by atoms with Crippen molar-refractivity contribution in [2.45, 2.75) is 12.1 Å². The van der Waals surface area contributed by atoms with Gasteiger partial charge in [-0.1, -0.05) is 30.0 Å². The van der Waals surface area contributed by atoms with E-state index in [0.717, 1.165) is 11.8 Å². The molecule has 0 spiro atoms. The summed E-state index contributed by atoms with van der Waals surface area (Å²) in [4.78, 5) is 39.5. The fraction of sp³-hybridized carbons (Fsp3) is 0.111. The number of carboxylic acid groups (broad SMARTS) is 1. The third kappa shape index (κ3) is 3.75. The first kappa shape index (κ1) is 17.7. The van der Waals surface area contributed by atoms with Gasteiger partial charge in [-0.05, 0) is 30.3 Å². The number of anilines is 1. The highest BCUT2D eigenvalue weighted by molar-refractivity contribution is 7.99. The number of carbonyl (C=O) groups excluding carboxylic acids is 2. The van der Waals surface area contributed by atoms with Gasteiger partial charge in [-0.2, -0.15) is 0 Å². The summed E-state index contributed by atoms with van der Waals surface area (Å²) in [5.74, 6) is -1.53. The predicted molar refractivity (Wildman–Crippen MR) is 98.8 cm³/mol. The average Bonchev–Trinajstić information content (AvgIpc) is 2.98. The van der Waals surface area contributed by atoms with Gasteiger partial charge in [0.15, 0.2) is 5.16 Å². The van der Waals surface area contributed by atoms with Crippen molar-refractivity contribution in [3.05, 3.63) is 54.1 Å². The Balaban J connectivity index is 1.73. The van der Waals surface area contributed by atoms with E-state index < -0.39 is 5.97 Å². The molecule has 1 amide bonds. The number of nitrogens with zero attached hydrogens (tertiary/aromatic N) is 2. The van der Waals surface area contributed by atoms with Gasteiger partial charge in [0.05, 0.1) is 22.3 Å². The van der Waals surface area contributed by atoms with Gasteiger partial charge >= 0.3 is 5.97 Å². The van der Waals surface area contributed by atoms with Crippen LogP contribution in [-0.4, -0.2) is 38.2 Å². The molecule has 0 saturated heterocycles.